The molecular weight excluding hydrogens is 268 g/mol. The number of methoxy groups -OCH3 is 1. The van der Waals surface area contributed by atoms with Crippen LogP contribution in [-0.2, 0) is 6.42 Å². The van der Waals surface area contributed by atoms with Crippen molar-refractivity contribution in [2.75, 3.05) is 13.7 Å². The highest BCUT2D eigenvalue weighted by atomic mass is 16.6. The van der Waals surface area contributed by atoms with E-state index in [-0.39, 0.29) is 10.6 Å². The maximum atomic E-state index is 11.1. The predicted octanol–water partition coefficient (Wildman–Crippen LogP) is 3.42. The van der Waals surface area contributed by atoms with Crippen LogP contribution in [0.25, 0.3) is 0 Å². The first kappa shape index (κ1) is 17.4. The second-order valence-corrected chi connectivity index (χ2v) is 5.72. The largest absolute Gasteiger partial charge is 0.490 e. The summed E-state index contributed by atoms with van der Waals surface area (Å²) in [5.74, 6) is 1.24. The van der Waals surface area contributed by atoms with E-state index in [1.807, 2.05) is 6.07 Å². The van der Waals surface area contributed by atoms with E-state index in [0.29, 0.717) is 23.6 Å². The highest BCUT2D eigenvalue weighted by Gasteiger charge is 2.22. The van der Waals surface area contributed by atoms with E-state index in [1.165, 1.54) is 7.11 Å². The number of nitro benzene ring substituents is 1. The Kier molecular flexibility index (Phi) is 6.62. The number of rotatable bonds is 8. The molecule has 1 rings (SSSR count). The van der Waals surface area contributed by atoms with Crippen LogP contribution in [0.5, 0.6) is 5.75 Å². The minimum Gasteiger partial charge on any atom is -0.490 e. The molecule has 0 aliphatic heterocycles. The van der Waals surface area contributed by atoms with Crippen LogP contribution >= 0.6 is 0 Å². The summed E-state index contributed by atoms with van der Waals surface area (Å²) in [5, 5.41) is 14.6. The van der Waals surface area contributed by atoms with Gasteiger partial charge < -0.3 is 10.1 Å². The molecule has 1 aromatic rings. The average molecular weight is 294 g/mol. The summed E-state index contributed by atoms with van der Waals surface area (Å²) in [6, 6.07) is 5.60. The summed E-state index contributed by atoms with van der Waals surface area (Å²) < 4.78 is 5.05. The van der Waals surface area contributed by atoms with Crippen molar-refractivity contribution in [2.24, 2.45) is 11.8 Å². The highest BCUT2D eigenvalue weighted by molar-refractivity contribution is 5.48. The molecule has 5 heteroatoms. The summed E-state index contributed by atoms with van der Waals surface area (Å²) in [6.07, 6.45) is 0.816. The van der Waals surface area contributed by atoms with Gasteiger partial charge in [-0.3, -0.25) is 10.1 Å². The zero-order chi connectivity index (χ0) is 16.0. The molecule has 2 atom stereocenters. The van der Waals surface area contributed by atoms with Gasteiger partial charge in [0.2, 0.25) is 0 Å². The van der Waals surface area contributed by atoms with Crippen molar-refractivity contribution in [3.05, 3.63) is 33.9 Å². The minimum absolute atomic E-state index is 0.0357. The van der Waals surface area contributed by atoms with Crippen molar-refractivity contribution in [3.8, 4) is 5.75 Å². The standard InChI is InChI=1S/C16H26N2O3/c1-6-17-12(4)14(11(2)3)9-13-7-8-16(21-5)15(10-13)18(19)20/h7-8,10-12,14,17H,6,9H2,1-5H3. The summed E-state index contributed by atoms with van der Waals surface area (Å²) in [4.78, 5) is 10.7. The van der Waals surface area contributed by atoms with Crippen LogP contribution in [0.3, 0.4) is 0 Å². The van der Waals surface area contributed by atoms with E-state index in [1.54, 1.807) is 12.1 Å². The van der Waals surface area contributed by atoms with Gasteiger partial charge >= 0.3 is 5.69 Å². The Balaban J connectivity index is 2.99. The van der Waals surface area contributed by atoms with Gasteiger partial charge in [0.25, 0.3) is 0 Å². The van der Waals surface area contributed by atoms with Crippen molar-refractivity contribution in [1.82, 2.24) is 5.32 Å². The number of hydrogen-bond donors (Lipinski definition) is 1. The molecular formula is C16H26N2O3. The lowest BCUT2D eigenvalue weighted by molar-refractivity contribution is -0.385. The third-order valence-electron chi connectivity index (χ3n) is 3.94. The van der Waals surface area contributed by atoms with E-state index in [9.17, 15) is 10.1 Å². The first-order chi connectivity index (χ1) is 9.90. The first-order valence-electron chi connectivity index (χ1n) is 7.45. The van der Waals surface area contributed by atoms with E-state index in [0.717, 1.165) is 18.5 Å². The first-order valence-corrected chi connectivity index (χ1v) is 7.45. The van der Waals surface area contributed by atoms with Gasteiger partial charge in [-0.1, -0.05) is 26.8 Å². The molecule has 0 bridgehead atoms. The summed E-state index contributed by atoms with van der Waals surface area (Å²) >= 11 is 0. The molecule has 0 fully saturated rings. The monoisotopic (exact) mass is 294 g/mol. The SMILES string of the molecule is CCNC(C)C(Cc1ccc(OC)c([N+](=O)[O-])c1)C(C)C. The van der Waals surface area contributed by atoms with Crippen molar-refractivity contribution in [1.29, 1.82) is 0 Å². The molecule has 0 saturated carbocycles. The molecule has 0 amide bonds. The van der Waals surface area contributed by atoms with Crippen LogP contribution in [0.15, 0.2) is 18.2 Å². The third-order valence-corrected chi connectivity index (χ3v) is 3.94. The molecule has 0 radical (unpaired) electrons. The average Bonchev–Trinajstić information content (AvgIpc) is 2.44. The lowest BCUT2D eigenvalue weighted by Crippen LogP contribution is -2.37. The fourth-order valence-electron chi connectivity index (χ4n) is 2.74. The number of ether oxygens (including phenoxy) is 1. The Hall–Kier alpha value is -1.62. The topological polar surface area (TPSA) is 64.4 Å². The molecule has 0 aromatic heterocycles. The fraction of sp³-hybridized carbons (Fsp3) is 0.625. The van der Waals surface area contributed by atoms with Crippen LogP contribution in [0.1, 0.15) is 33.3 Å². The predicted molar refractivity (Wildman–Crippen MR) is 84.8 cm³/mol. The summed E-state index contributed by atoms with van der Waals surface area (Å²) in [6.45, 7) is 9.57. The Morgan fingerprint density at radius 1 is 1.33 bits per heavy atom. The molecule has 0 saturated heterocycles. The lowest BCUT2D eigenvalue weighted by atomic mass is 9.84. The molecule has 0 spiro atoms. The lowest BCUT2D eigenvalue weighted by Gasteiger charge is -2.28. The number of hydrogen-bond acceptors (Lipinski definition) is 4. The molecule has 5 nitrogen and oxygen atoms in total. The maximum absolute atomic E-state index is 11.1. The van der Waals surface area contributed by atoms with Crippen LogP contribution in [0.4, 0.5) is 5.69 Å². The zero-order valence-corrected chi connectivity index (χ0v) is 13.6. The van der Waals surface area contributed by atoms with E-state index < -0.39 is 0 Å². The summed E-state index contributed by atoms with van der Waals surface area (Å²) in [7, 11) is 1.45. The van der Waals surface area contributed by atoms with Gasteiger partial charge in [-0.15, -0.1) is 0 Å². The van der Waals surface area contributed by atoms with Gasteiger partial charge in [-0.25, -0.2) is 0 Å². The van der Waals surface area contributed by atoms with Crippen LogP contribution in [0.2, 0.25) is 0 Å². The van der Waals surface area contributed by atoms with Crippen molar-refractivity contribution in [3.63, 3.8) is 0 Å². The fourth-order valence-corrected chi connectivity index (χ4v) is 2.74. The molecule has 0 aliphatic rings. The Labute approximate surface area is 126 Å². The van der Waals surface area contributed by atoms with E-state index >= 15 is 0 Å². The number of benzene rings is 1. The molecule has 0 heterocycles. The maximum Gasteiger partial charge on any atom is 0.311 e. The second-order valence-electron chi connectivity index (χ2n) is 5.72. The van der Waals surface area contributed by atoms with Gasteiger partial charge in [0.1, 0.15) is 0 Å². The van der Waals surface area contributed by atoms with Crippen molar-refractivity contribution < 1.29 is 9.66 Å². The van der Waals surface area contributed by atoms with Crippen LogP contribution in [0, 0.1) is 22.0 Å². The quantitative estimate of drug-likeness (QED) is 0.589. The van der Waals surface area contributed by atoms with Gasteiger partial charge in [0.15, 0.2) is 5.75 Å². The van der Waals surface area contributed by atoms with Gasteiger partial charge in [-0.2, -0.15) is 0 Å². The van der Waals surface area contributed by atoms with E-state index in [2.05, 4.69) is 33.0 Å². The normalized spacial score (nSPS) is 14.0. The third kappa shape index (κ3) is 4.70. The molecule has 2 unspecified atom stereocenters. The molecule has 21 heavy (non-hydrogen) atoms. The van der Waals surface area contributed by atoms with Crippen molar-refractivity contribution in [2.45, 2.75) is 40.2 Å². The Morgan fingerprint density at radius 2 is 2.00 bits per heavy atom. The van der Waals surface area contributed by atoms with E-state index in [4.69, 9.17) is 4.74 Å². The number of nitrogens with zero attached hydrogens (tertiary/aromatic N) is 1. The number of nitro groups is 1. The zero-order valence-electron chi connectivity index (χ0n) is 13.6. The van der Waals surface area contributed by atoms with Gasteiger partial charge in [-0.05, 0) is 43.4 Å². The number of nitrogens with one attached hydrogen (secondary N) is 1. The van der Waals surface area contributed by atoms with Crippen LogP contribution < -0.4 is 10.1 Å². The Bertz CT molecular complexity index is 475. The van der Waals surface area contributed by atoms with Gasteiger partial charge in [0.05, 0.1) is 12.0 Å². The molecule has 1 N–H and O–H groups in total. The molecule has 1 aromatic carbocycles. The van der Waals surface area contributed by atoms with Gasteiger partial charge in [0, 0.05) is 12.1 Å². The van der Waals surface area contributed by atoms with Crippen molar-refractivity contribution >= 4 is 5.69 Å². The van der Waals surface area contributed by atoms with Crippen LogP contribution in [-0.4, -0.2) is 24.6 Å². The second kappa shape index (κ2) is 7.98. The Morgan fingerprint density at radius 3 is 2.48 bits per heavy atom. The summed E-state index contributed by atoms with van der Waals surface area (Å²) in [5.41, 5.74) is 1.01. The highest BCUT2D eigenvalue weighted by Crippen LogP contribution is 2.30. The molecule has 118 valence electrons. The molecule has 0 aliphatic carbocycles. The smallest absolute Gasteiger partial charge is 0.311 e. The minimum atomic E-state index is -0.388.